The molecule has 4 aromatic rings. The van der Waals surface area contributed by atoms with Gasteiger partial charge in [-0.05, 0) is 42.7 Å². The van der Waals surface area contributed by atoms with Crippen LogP contribution in [0.2, 0.25) is 5.02 Å². The molecule has 35 heavy (non-hydrogen) atoms. The van der Waals surface area contributed by atoms with Crippen molar-refractivity contribution in [3.63, 3.8) is 0 Å². The van der Waals surface area contributed by atoms with Crippen molar-refractivity contribution in [1.82, 2.24) is 25.1 Å². The average molecular weight is 505 g/mol. The molecule has 3 N–H and O–H groups in total. The van der Waals surface area contributed by atoms with Gasteiger partial charge in [-0.25, -0.2) is 9.97 Å². The second-order valence-corrected chi connectivity index (χ2v) is 8.34. The second kappa shape index (κ2) is 9.14. The number of fused-ring (bicyclic) bond motifs is 1. The van der Waals surface area contributed by atoms with E-state index < -0.39 is 29.2 Å². The van der Waals surface area contributed by atoms with Crippen LogP contribution in [0.1, 0.15) is 48.7 Å². The molecule has 0 radical (unpaired) electrons. The molecule has 8 nitrogen and oxygen atoms in total. The molecule has 3 heterocycles. The van der Waals surface area contributed by atoms with Crippen molar-refractivity contribution >= 4 is 34.6 Å². The Hall–Kier alpha value is -3.73. The van der Waals surface area contributed by atoms with Crippen LogP contribution in [0, 0.1) is 0 Å². The summed E-state index contributed by atoms with van der Waals surface area (Å²) in [5.74, 6) is -1.06. The van der Waals surface area contributed by atoms with Crippen molar-refractivity contribution in [3.8, 4) is 0 Å². The SMILES string of the molecule is CCC(C(=O)O)(c1cccnc1)c1nc(NC(C)c2ccc(C(F)(F)F)cc2Cl)nc2cn[nH]c12. The van der Waals surface area contributed by atoms with Gasteiger partial charge >= 0.3 is 12.1 Å². The number of benzene rings is 1. The molecule has 0 aliphatic carbocycles. The molecular weight excluding hydrogens is 485 g/mol. The fourth-order valence-corrected chi connectivity index (χ4v) is 4.38. The van der Waals surface area contributed by atoms with Crippen LogP contribution >= 0.6 is 11.6 Å². The third-order valence-electron chi connectivity index (χ3n) is 5.89. The zero-order valence-electron chi connectivity index (χ0n) is 18.6. The highest BCUT2D eigenvalue weighted by Gasteiger charge is 2.44. The Morgan fingerprint density at radius 1 is 1.20 bits per heavy atom. The summed E-state index contributed by atoms with van der Waals surface area (Å²) in [6.45, 7) is 3.41. The number of carboxylic acid groups (broad SMARTS) is 1. The number of hydrogen-bond donors (Lipinski definition) is 3. The molecule has 1 aromatic carbocycles. The molecular formula is C23H20ClF3N6O2. The normalized spacial score (nSPS) is 14.5. The molecule has 4 rings (SSSR count). The highest BCUT2D eigenvalue weighted by atomic mass is 35.5. The maximum atomic E-state index is 13.0. The summed E-state index contributed by atoms with van der Waals surface area (Å²) in [7, 11) is 0. The number of rotatable bonds is 7. The van der Waals surface area contributed by atoms with E-state index in [0.29, 0.717) is 22.2 Å². The number of H-pyrrole nitrogens is 1. The number of pyridine rings is 1. The summed E-state index contributed by atoms with van der Waals surface area (Å²) in [4.78, 5) is 25.7. The van der Waals surface area contributed by atoms with Gasteiger partial charge in [0.15, 0.2) is 0 Å². The molecule has 0 bridgehead atoms. The molecule has 0 spiro atoms. The Kier molecular flexibility index (Phi) is 6.37. The van der Waals surface area contributed by atoms with Crippen molar-refractivity contribution in [2.24, 2.45) is 0 Å². The van der Waals surface area contributed by atoms with E-state index in [1.54, 1.807) is 32.2 Å². The molecule has 0 aliphatic heterocycles. The second-order valence-electron chi connectivity index (χ2n) is 7.93. The third kappa shape index (κ3) is 4.39. The Balaban J connectivity index is 1.80. The molecule has 0 amide bonds. The highest BCUT2D eigenvalue weighted by molar-refractivity contribution is 6.31. The van der Waals surface area contributed by atoms with Crippen LogP contribution in [-0.4, -0.2) is 36.2 Å². The van der Waals surface area contributed by atoms with E-state index in [2.05, 4.69) is 30.5 Å². The van der Waals surface area contributed by atoms with Crippen molar-refractivity contribution in [2.45, 2.75) is 37.9 Å². The summed E-state index contributed by atoms with van der Waals surface area (Å²) in [6.07, 6.45) is 0.0846. The Labute approximate surface area is 202 Å². The zero-order chi connectivity index (χ0) is 25.4. The van der Waals surface area contributed by atoms with E-state index >= 15 is 0 Å². The maximum absolute atomic E-state index is 13.0. The first-order valence-electron chi connectivity index (χ1n) is 10.6. The number of anilines is 1. The molecule has 2 unspecified atom stereocenters. The van der Waals surface area contributed by atoms with E-state index in [1.165, 1.54) is 18.5 Å². The zero-order valence-corrected chi connectivity index (χ0v) is 19.3. The first kappa shape index (κ1) is 24.4. The van der Waals surface area contributed by atoms with Gasteiger partial charge in [-0.15, -0.1) is 0 Å². The fraction of sp³-hybridized carbons (Fsp3) is 0.261. The molecule has 0 saturated heterocycles. The van der Waals surface area contributed by atoms with Gasteiger partial charge in [0.1, 0.15) is 16.4 Å². The van der Waals surface area contributed by atoms with Crippen LogP contribution in [0.25, 0.3) is 11.0 Å². The largest absolute Gasteiger partial charge is 0.480 e. The summed E-state index contributed by atoms with van der Waals surface area (Å²) in [6, 6.07) is 5.79. The van der Waals surface area contributed by atoms with Crippen LogP contribution in [0.15, 0.2) is 48.9 Å². The summed E-state index contributed by atoms with van der Waals surface area (Å²) >= 11 is 6.14. The van der Waals surface area contributed by atoms with Gasteiger partial charge in [0.25, 0.3) is 0 Å². The lowest BCUT2D eigenvalue weighted by atomic mass is 9.75. The number of hydrogen-bond acceptors (Lipinski definition) is 6. The number of nitrogens with one attached hydrogen (secondary N) is 2. The first-order valence-corrected chi connectivity index (χ1v) is 10.9. The van der Waals surface area contributed by atoms with E-state index in [0.717, 1.165) is 12.1 Å². The van der Waals surface area contributed by atoms with Crippen molar-refractivity contribution < 1.29 is 23.1 Å². The smallest absolute Gasteiger partial charge is 0.416 e. The number of carbonyl (C=O) groups is 1. The molecule has 0 aliphatic rings. The predicted octanol–water partition coefficient (Wildman–Crippen LogP) is 5.37. The molecule has 182 valence electrons. The minimum absolute atomic E-state index is 0.0697. The summed E-state index contributed by atoms with van der Waals surface area (Å²) < 4.78 is 39.0. The van der Waals surface area contributed by atoms with Gasteiger partial charge in [0.05, 0.1) is 23.5 Å². The summed E-state index contributed by atoms with van der Waals surface area (Å²) in [5.41, 5.74) is -0.708. The number of alkyl halides is 3. The minimum Gasteiger partial charge on any atom is -0.480 e. The first-order chi connectivity index (χ1) is 16.6. The lowest BCUT2D eigenvalue weighted by molar-refractivity contribution is -0.142. The molecule has 3 aromatic heterocycles. The lowest BCUT2D eigenvalue weighted by Crippen LogP contribution is -2.38. The number of aromatic nitrogens is 5. The summed E-state index contributed by atoms with van der Waals surface area (Å²) in [5, 5.41) is 20.1. The van der Waals surface area contributed by atoms with Crippen molar-refractivity contribution in [1.29, 1.82) is 0 Å². The number of nitrogens with zero attached hydrogens (tertiary/aromatic N) is 4. The van der Waals surface area contributed by atoms with Crippen molar-refractivity contribution in [2.75, 3.05) is 5.32 Å². The van der Waals surface area contributed by atoms with Gasteiger partial charge in [-0.1, -0.05) is 30.7 Å². The van der Waals surface area contributed by atoms with Crippen molar-refractivity contribution in [3.05, 3.63) is 76.3 Å². The maximum Gasteiger partial charge on any atom is 0.416 e. The fourth-order valence-electron chi connectivity index (χ4n) is 4.04. The monoisotopic (exact) mass is 504 g/mol. The number of carboxylic acids is 1. The van der Waals surface area contributed by atoms with Gasteiger partial charge in [-0.3, -0.25) is 14.9 Å². The number of aliphatic carboxylic acids is 1. The van der Waals surface area contributed by atoms with Crippen LogP contribution in [0.5, 0.6) is 0 Å². The quantitative estimate of drug-likeness (QED) is 0.309. The minimum atomic E-state index is -4.52. The van der Waals surface area contributed by atoms with Gasteiger partial charge in [-0.2, -0.15) is 18.3 Å². The lowest BCUT2D eigenvalue weighted by Gasteiger charge is -2.28. The van der Waals surface area contributed by atoms with E-state index in [4.69, 9.17) is 11.6 Å². The standard InChI is InChI=1S/C23H20ClF3N6O2/c1-3-22(20(34)35,14-5-4-8-28-10-14)19-18-17(11-29-33-18)31-21(32-19)30-12(2)15-7-6-13(9-16(15)24)23(25,26)27/h4-12H,3H2,1-2H3,(H,29,33)(H,34,35)(H,30,31,32). The van der Waals surface area contributed by atoms with Gasteiger partial charge in [0, 0.05) is 17.4 Å². The highest BCUT2D eigenvalue weighted by Crippen LogP contribution is 2.39. The van der Waals surface area contributed by atoms with E-state index in [9.17, 15) is 23.1 Å². The average Bonchev–Trinajstić information content (AvgIpc) is 3.28. The molecule has 0 fully saturated rings. The number of aromatic amines is 1. The van der Waals surface area contributed by atoms with Crippen LogP contribution in [0.4, 0.5) is 19.1 Å². The molecule has 0 saturated carbocycles. The molecule has 12 heteroatoms. The van der Waals surface area contributed by atoms with Crippen LogP contribution in [0.3, 0.4) is 0 Å². The predicted molar refractivity (Wildman–Crippen MR) is 123 cm³/mol. The molecule has 2 atom stereocenters. The van der Waals surface area contributed by atoms with E-state index in [-0.39, 0.29) is 23.1 Å². The topological polar surface area (TPSA) is 117 Å². The van der Waals surface area contributed by atoms with E-state index in [1.807, 2.05) is 0 Å². The van der Waals surface area contributed by atoms with Gasteiger partial charge in [0.2, 0.25) is 5.95 Å². The third-order valence-corrected chi connectivity index (χ3v) is 6.22. The van der Waals surface area contributed by atoms with Crippen LogP contribution in [-0.2, 0) is 16.4 Å². The van der Waals surface area contributed by atoms with Crippen LogP contribution < -0.4 is 5.32 Å². The Morgan fingerprint density at radius 2 is 1.97 bits per heavy atom. The van der Waals surface area contributed by atoms with Gasteiger partial charge < -0.3 is 10.4 Å². The number of halogens is 4. The Bertz CT molecular complexity index is 1380. The Morgan fingerprint density at radius 3 is 2.57 bits per heavy atom.